The lowest BCUT2D eigenvalue weighted by atomic mass is 9.96. The summed E-state index contributed by atoms with van der Waals surface area (Å²) >= 11 is 0. The van der Waals surface area contributed by atoms with E-state index in [1.54, 1.807) is 0 Å². The smallest absolute Gasteiger partial charge is 0.0247 e. The summed E-state index contributed by atoms with van der Waals surface area (Å²) in [5.74, 6) is 0. The van der Waals surface area contributed by atoms with Crippen LogP contribution in [0.4, 0.5) is 0 Å². The minimum Gasteiger partial charge on any atom is -0.327 e. The number of rotatable bonds is 3. The second-order valence-electron chi connectivity index (χ2n) is 4.35. The van der Waals surface area contributed by atoms with Crippen molar-refractivity contribution in [1.29, 1.82) is 0 Å². The van der Waals surface area contributed by atoms with Crippen LogP contribution in [0.3, 0.4) is 0 Å². The van der Waals surface area contributed by atoms with Crippen LogP contribution in [-0.4, -0.2) is 30.1 Å². The van der Waals surface area contributed by atoms with Crippen molar-refractivity contribution in [3.8, 4) is 0 Å². The molecule has 0 amide bonds. The lowest BCUT2D eigenvalue weighted by molar-refractivity contribution is 0.143. The van der Waals surface area contributed by atoms with Gasteiger partial charge in [-0.15, -0.1) is 0 Å². The summed E-state index contributed by atoms with van der Waals surface area (Å²) in [7, 11) is 0. The predicted octanol–water partition coefficient (Wildman–Crippen LogP) is 1.76. The summed E-state index contributed by atoms with van der Waals surface area (Å²) in [6.45, 7) is 10.4. The largest absolute Gasteiger partial charge is 0.327 e. The van der Waals surface area contributed by atoms with Gasteiger partial charge in [-0.1, -0.05) is 18.6 Å². The van der Waals surface area contributed by atoms with Gasteiger partial charge in [-0.3, -0.25) is 4.90 Å². The van der Waals surface area contributed by atoms with Gasteiger partial charge in [0.2, 0.25) is 0 Å². The molecule has 76 valence electrons. The van der Waals surface area contributed by atoms with Crippen LogP contribution in [0.25, 0.3) is 0 Å². The van der Waals surface area contributed by atoms with Crippen molar-refractivity contribution in [3.05, 3.63) is 12.2 Å². The van der Waals surface area contributed by atoms with Crippen LogP contribution in [0.15, 0.2) is 12.2 Å². The Balaban J connectivity index is 2.51. The highest BCUT2D eigenvalue weighted by molar-refractivity contribution is 4.95. The zero-order valence-electron chi connectivity index (χ0n) is 8.92. The molecule has 2 unspecified atom stereocenters. The topological polar surface area (TPSA) is 29.3 Å². The van der Waals surface area contributed by atoms with Gasteiger partial charge in [-0.25, -0.2) is 0 Å². The molecule has 13 heavy (non-hydrogen) atoms. The molecule has 2 N–H and O–H groups in total. The number of likely N-dealkylation sites (tertiary alicyclic amines) is 1. The average molecular weight is 182 g/mol. The molecule has 0 saturated carbocycles. The number of nitrogens with two attached hydrogens (primary N) is 1. The van der Waals surface area contributed by atoms with E-state index in [9.17, 15) is 0 Å². The SMILES string of the molecule is C=C(C)CN1CCCCC1C(C)N. The molecule has 0 radical (unpaired) electrons. The van der Waals surface area contributed by atoms with Crippen LogP contribution in [0.2, 0.25) is 0 Å². The third-order valence-electron chi connectivity index (χ3n) is 2.74. The molecule has 2 heteroatoms. The highest BCUT2D eigenvalue weighted by Crippen LogP contribution is 2.19. The van der Waals surface area contributed by atoms with Crippen LogP contribution < -0.4 is 5.73 Å². The minimum absolute atomic E-state index is 0.291. The van der Waals surface area contributed by atoms with E-state index in [1.165, 1.54) is 31.4 Å². The van der Waals surface area contributed by atoms with Gasteiger partial charge < -0.3 is 5.73 Å². The first-order valence-electron chi connectivity index (χ1n) is 5.25. The van der Waals surface area contributed by atoms with E-state index >= 15 is 0 Å². The second kappa shape index (κ2) is 4.77. The number of hydrogen-bond acceptors (Lipinski definition) is 2. The van der Waals surface area contributed by atoms with Gasteiger partial charge in [-0.05, 0) is 33.2 Å². The summed E-state index contributed by atoms with van der Waals surface area (Å²) in [5, 5.41) is 0. The van der Waals surface area contributed by atoms with E-state index < -0.39 is 0 Å². The first kappa shape index (κ1) is 10.7. The Morgan fingerprint density at radius 1 is 1.62 bits per heavy atom. The number of nitrogens with zero attached hydrogens (tertiary/aromatic N) is 1. The van der Waals surface area contributed by atoms with Gasteiger partial charge in [0.25, 0.3) is 0 Å². The fourth-order valence-electron chi connectivity index (χ4n) is 2.16. The van der Waals surface area contributed by atoms with Crippen molar-refractivity contribution in [2.75, 3.05) is 13.1 Å². The normalized spacial score (nSPS) is 27.2. The molecule has 1 heterocycles. The van der Waals surface area contributed by atoms with Crippen molar-refractivity contribution < 1.29 is 0 Å². The van der Waals surface area contributed by atoms with Crippen molar-refractivity contribution in [3.63, 3.8) is 0 Å². The Hall–Kier alpha value is -0.340. The van der Waals surface area contributed by atoms with Crippen LogP contribution in [-0.2, 0) is 0 Å². The van der Waals surface area contributed by atoms with Crippen molar-refractivity contribution >= 4 is 0 Å². The summed E-state index contributed by atoms with van der Waals surface area (Å²) < 4.78 is 0. The maximum atomic E-state index is 5.96. The van der Waals surface area contributed by atoms with Crippen LogP contribution >= 0.6 is 0 Å². The van der Waals surface area contributed by atoms with E-state index in [2.05, 4.69) is 25.3 Å². The molecule has 0 aromatic carbocycles. The molecule has 2 nitrogen and oxygen atoms in total. The fraction of sp³-hybridized carbons (Fsp3) is 0.818. The molecule has 2 atom stereocenters. The van der Waals surface area contributed by atoms with Gasteiger partial charge in [0.1, 0.15) is 0 Å². The quantitative estimate of drug-likeness (QED) is 0.674. The van der Waals surface area contributed by atoms with E-state index in [0.29, 0.717) is 12.1 Å². The van der Waals surface area contributed by atoms with E-state index in [-0.39, 0.29) is 0 Å². The number of piperidine rings is 1. The number of hydrogen-bond donors (Lipinski definition) is 1. The van der Waals surface area contributed by atoms with E-state index in [1.807, 2.05) is 0 Å². The third kappa shape index (κ3) is 3.12. The molecule has 0 aliphatic carbocycles. The molecule has 1 saturated heterocycles. The minimum atomic E-state index is 0.291. The Bertz CT molecular complexity index is 175. The predicted molar refractivity (Wildman–Crippen MR) is 57.7 cm³/mol. The summed E-state index contributed by atoms with van der Waals surface area (Å²) in [6, 6.07) is 0.866. The standard InChI is InChI=1S/C11H22N2/c1-9(2)8-13-7-5-4-6-11(13)10(3)12/h10-11H,1,4-8,12H2,2-3H3. The first-order valence-corrected chi connectivity index (χ1v) is 5.25. The Morgan fingerprint density at radius 2 is 2.31 bits per heavy atom. The van der Waals surface area contributed by atoms with Crippen LogP contribution in [0, 0.1) is 0 Å². The van der Waals surface area contributed by atoms with Crippen molar-refractivity contribution in [1.82, 2.24) is 4.90 Å². The monoisotopic (exact) mass is 182 g/mol. The molecule has 0 bridgehead atoms. The lowest BCUT2D eigenvalue weighted by Gasteiger charge is -2.38. The molecule has 0 spiro atoms. The van der Waals surface area contributed by atoms with E-state index in [0.717, 1.165) is 6.54 Å². The molecule has 0 aromatic rings. The highest BCUT2D eigenvalue weighted by atomic mass is 15.2. The van der Waals surface area contributed by atoms with Gasteiger partial charge in [0.05, 0.1) is 0 Å². The van der Waals surface area contributed by atoms with Crippen LogP contribution in [0.5, 0.6) is 0 Å². The van der Waals surface area contributed by atoms with Gasteiger partial charge >= 0.3 is 0 Å². The third-order valence-corrected chi connectivity index (χ3v) is 2.74. The zero-order valence-corrected chi connectivity index (χ0v) is 8.92. The van der Waals surface area contributed by atoms with Gasteiger partial charge in [0.15, 0.2) is 0 Å². The van der Waals surface area contributed by atoms with Gasteiger partial charge in [0, 0.05) is 18.6 Å². The van der Waals surface area contributed by atoms with Crippen molar-refractivity contribution in [2.45, 2.75) is 45.2 Å². The Kier molecular flexibility index (Phi) is 3.94. The Labute approximate surface area is 81.8 Å². The molecule has 0 aromatic heterocycles. The molecular weight excluding hydrogens is 160 g/mol. The van der Waals surface area contributed by atoms with E-state index in [4.69, 9.17) is 5.73 Å². The molecule has 1 aliphatic heterocycles. The molecule has 1 rings (SSSR count). The fourth-order valence-corrected chi connectivity index (χ4v) is 2.16. The second-order valence-corrected chi connectivity index (χ2v) is 4.35. The van der Waals surface area contributed by atoms with Gasteiger partial charge in [-0.2, -0.15) is 0 Å². The highest BCUT2D eigenvalue weighted by Gasteiger charge is 2.24. The maximum Gasteiger partial charge on any atom is 0.0247 e. The molecule has 1 fully saturated rings. The summed E-state index contributed by atoms with van der Waals surface area (Å²) in [6.07, 6.45) is 3.90. The van der Waals surface area contributed by atoms with Crippen LogP contribution in [0.1, 0.15) is 33.1 Å². The average Bonchev–Trinajstić information content (AvgIpc) is 2.03. The van der Waals surface area contributed by atoms with Crippen molar-refractivity contribution in [2.24, 2.45) is 5.73 Å². The zero-order chi connectivity index (χ0) is 9.84. The molecular formula is C11H22N2. The maximum absolute atomic E-state index is 5.96. The lowest BCUT2D eigenvalue weighted by Crippen LogP contribution is -2.49. The first-order chi connectivity index (χ1) is 6.11. The molecule has 1 aliphatic rings. The summed E-state index contributed by atoms with van der Waals surface area (Å²) in [5.41, 5.74) is 7.21. The summed E-state index contributed by atoms with van der Waals surface area (Å²) in [4.78, 5) is 2.48. The Morgan fingerprint density at radius 3 is 2.85 bits per heavy atom.